The molecular weight excluding hydrogens is 507 g/mol. The van der Waals surface area contributed by atoms with E-state index in [4.69, 9.17) is 22.9 Å². The van der Waals surface area contributed by atoms with Crippen LogP contribution in [0.2, 0.25) is 5.02 Å². The number of amides is 4. The lowest BCUT2D eigenvalue weighted by atomic mass is 10.1. The Bertz CT molecular complexity index is 1450. The predicted octanol–water partition coefficient (Wildman–Crippen LogP) is 2.93. The van der Waals surface area contributed by atoms with Gasteiger partial charge in [-0.2, -0.15) is 5.10 Å². The Balaban J connectivity index is 1.80. The molecule has 3 rings (SSSR count). The van der Waals surface area contributed by atoms with Crippen LogP contribution >= 0.6 is 11.6 Å². The van der Waals surface area contributed by atoms with Crippen LogP contribution in [0.25, 0.3) is 21.3 Å². The monoisotopic (exact) mass is 528 g/mol. The van der Waals surface area contributed by atoms with Gasteiger partial charge in [-0.05, 0) is 48.8 Å². The zero-order valence-electron chi connectivity index (χ0n) is 19.8. The second-order valence-corrected chi connectivity index (χ2v) is 8.61. The summed E-state index contributed by atoms with van der Waals surface area (Å²) in [6, 6.07) is 8.14. The number of nitrogens with two attached hydrogens (primary N) is 1. The first-order chi connectivity index (χ1) is 17.5. The van der Waals surface area contributed by atoms with Gasteiger partial charge in [-0.25, -0.2) is 4.39 Å². The Morgan fingerprint density at radius 3 is 2.65 bits per heavy atom. The normalized spacial score (nSPS) is 10.7. The van der Waals surface area contributed by atoms with Gasteiger partial charge in [0.25, 0.3) is 5.91 Å². The number of nitrogens with zero attached hydrogens (tertiary/aromatic N) is 6. The van der Waals surface area contributed by atoms with Crippen molar-refractivity contribution in [2.24, 2.45) is 10.8 Å². The molecule has 0 unspecified atom stereocenters. The molecule has 14 heteroatoms. The van der Waals surface area contributed by atoms with E-state index in [0.717, 1.165) is 0 Å². The fourth-order valence-electron chi connectivity index (χ4n) is 3.58. The summed E-state index contributed by atoms with van der Waals surface area (Å²) in [4.78, 5) is 53.3. The largest absolute Gasteiger partial charge is 0.364 e. The molecule has 1 aromatic heterocycles. The van der Waals surface area contributed by atoms with Crippen molar-refractivity contribution < 1.29 is 23.6 Å². The van der Waals surface area contributed by atoms with Crippen LogP contribution in [0.5, 0.6) is 0 Å². The maximum atomic E-state index is 14.1. The number of aromatic nitrogens is 2. The van der Waals surface area contributed by atoms with Crippen LogP contribution in [-0.4, -0.2) is 50.9 Å². The molecule has 0 aliphatic rings. The van der Waals surface area contributed by atoms with Crippen molar-refractivity contribution in [2.75, 3.05) is 6.54 Å². The summed E-state index contributed by atoms with van der Waals surface area (Å²) in [6.07, 6.45) is 0. The van der Waals surface area contributed by atoms with Crippen molar-refractivity contribution in [1.29, 1.82) is 0 Å². The molecule has 0 aliphatic carbocycles. The number of azide groups is 1. The van der Waals surface area contributed by atoms with Gasteiger partial charge < -0.3 is 16.0 Å². The van der Waals surface area contributed by atoms with E-state index in [1.165, 1.54) is 39.9 Å². The molecule has 0 aliphatic heterocycles. The highest BCUT2D eigenvalue weighted by atomic mass is 35.5. The molecule has 1 heterocycles. The van der Waals surface area contributed by atoms with Crippen LogP contribution in [0.3, 0.4) is 0 Å². The van der Waals surface area contributed by atoms with Gasteiger partial charge in [-0.1, -0.05) is 23.7 Å². The molecule has 4 amide bonds. The summed E-state index contributed by atoms with van der Waals surface area (Å²) in [5, 5.41) is 9.82. The first-order valence-electron chi connectivity index (χ1n) is 10.9. The molecule has 0 fully saturated rings. The molecule has 0 spiro atoms. The van der Waals surface area contributed by atoms with Gasteiger partial charge >= 0.3 is 0 Å². The van der Waals surface area contributed by atoms with E-state index in [0.29, 0.717) is 5.52 Å². The Hall–Kier alpha value is -4.48. The van der Waals surface area contributed by atoms with E-state index in [-0.39, 0.29) is 52.9 Å². The number of nitrogens with one attached hydrogen (secondary N) is 1. The third-order valence-electron chi connectivity index (χ3n) is 5.42. The fourth-order valence-corrected chi connectivity index (χ4v) is 3.77. The van der Waals surface area contributed by atoms with Crippen molar-refractivity contribution in [3.8, 4) is 0 Å². The molecule has 0 radical (unpaired) electrons. The molecule has 0 atom stereocenters. The third-order valence-corrected chi connectivity index (χ3v) is 5.71. The van der Waals surface area contributed by atoms with Gasteiger partial charge in [0, 0.05) is 34.0 Å². The van der Waals surface area contributed by atoms with Crippen LogP contribution in [0.4, 0.5) is 4.39 Å². The lowest BCUT2D eigenvalue weighted by molar-refractivity contribution is -0.138. The standard InChI is InChI=1S/C23H22ClFN8O4/c1-12(2)32(10-18(34)28-9-14-4-3-5-16(24)20(14)25)19(35)11-33-17-7-6-13(23(37)29-31-27)8-15(17)21(30-33)22(26)36/h3-8,12H,9-11H2,1-2H3,(H2,26,36)(H,28,34). The van der Waals surface area contributed by atoms with Crippen LogP contribution in [0.1, 0.15) is 40.3 Å². The SMILES string of the molecule is CC(C)N(CC(=O)NCc1cccc(Cl)c1F)C(=O)Cn1nc(C(N)=O)c2cc(C(=O)N=[N+]=[N-])ccc21. The zero-order valence-corrected chi connectivity index (χ0v) is 20.6. The molecular formula is C23H22ClFN8O4. The Kier molecular flexibility index (Phi) is 8.43. The van der Waals surface area contributed by atoms with Gasteiger partial charge in [0.1, 0.15) is 12.4 Å². The van der Waals surface area contributed by atoms with Gasteiger partial charge in [-0.3, -0.25) is 23.9 Å². The number of hydrogen-bond acceptors (Lipinski definition) is 5. The summed E-state index contributed by atoms with van der Waals surface area (Å²) < 4.78 is 15.3. The second-order valence-electron chi connectivity index (χ2n) is 8.20. The van der Waals surface area contributed by atoms with Crippen molar-refractivity contribution in [3.63, 3.8) is 0 Å². The Labute approximate surface area is 214 Å². The topological polar surface area (TPSA) is 176 Å². The quantitative estimate of drug-likeness (QED) is 0.246. The van der Waals surface area contributed by atoms with E-state index in [1.54, 1.807) is 19.9 Å². The number of fused-ring (bicyclic) bond motifs is 1. The van der Waals surface area contributed by atoms with Gasteiger partial charge in [0.05, 0.1) is 17.1 Å². The number of benzene rings is 2. The van der Waals surface area contributed by atoms with Crippen molar-refractivity contribution in [3.05, 3.63) is 74.5 Å². The minimum atomic E-state index is -0.891. The first kappa shape index (κ1) is 27.1. The van der Waals surface area contributed by atoms with Crippen LogP contribution < -0.4 is 11.1 Å². The van der Waals surface area contributed by atoms with E-state index >= 15 is 0 Å². The number of hydrogen-bond donors (Lipinski definition) is 2. The zero-order chi connectivity index (χ0) is 27.3. The molecule has 3 aromatic rings. The van der Waals surface area contributed by atoms with Gasteiger partial charge in [0.15, 0.2) is 5.69 Å². The maximum absolute atomic E-state index is 14.1. The molecule has 12 nitrogen and oxygen atoms in total. The Morgan fingerprint density at radius 2 is 2.00 bits per heavy atom. The minimum absolute atomic E-state index is 0.00953. The number of halogens is 2. The minimum Gasteiger partial charge on any atom is -0.364 e. The maximum Gasteiger partial charge on any atom is 0.269 e. The van der Waals surface area contributed by atoms with E-state index in [1.807, 2.05) is 0 Å². The fraction of sp³-hybridized carbons (Fsp3) is 0.261. The van der Waals surface area contributed by atoms with Crippen molar-refractivity contribution in [2.45, 2.75) is 33.0 Å². The highest BCUT2D eigenvalue weighted by Crippen LogP contribution is 2.22. The van der Waals surface area contributed by atoms with Crippen molar-refractivity contribution >= 4 is 46.1 Å². The average molecular weight is 529 g/mol. The number of primary amides is 1. The lowest BCUT2D eigenvalue weighted by Gasteiger charge is -2.26. The smallest absolute Gasteiger partial charge is 0.269 e. The van der Waals surface area contributed by atoms with Gasteiger partial charge in [-0.15, -0.1) is 0 Å². The molecule has 192 valence electrons. The summed E-state index contributed by atoms with van der Waals surface area (Å²) in [6.45, 7) is 2.65. The molecule has 3 N–H and O–H groups in total. The van der Waals surface area contributed by atoms with Gasteiger partial charge in [0.2, 0.25) is 17.7 Å². The molecule has 2 aromatic carbocycles. The van der Waals surface area contributed by atoms with E-state index in [9.17, 15) is 23.6 Å². The van der Waals surface area contributed by atoms with Crippen LogP contribution in [0.15, 0.2) is 41.5 Å². The number of carbonyl (C=O) groups excluding carboxylic acids is 4. The molecule has 37 heavy (non-hydrogen) atoms. The van der Waals surface area contributed by atoms with Crippen molar-refractivity contribution in [1.82, 2.24) is 20.0 Å². The summed E-state index contributed by atoms with van der Waals surface area (Å²) >= 11 is 5.76. The second kappa shape index (κ2) is 11.5. The predicted molar refractivity (Wildman–Crippen MR) is 132 cm³/mol. The van der Waals surface area contributed by atoms with E-state index in [2.05, 4.69) is 20.4 Å². The third kappa shape index (κ3) is 6.21. The Morgan fingerprint density at radius 1 is 1.27 bits per heavy atom. The number of carbonyl (C=O) groups is 4. The average Bonchev–Trinajstić information content (AvgIpc) is 3.21. The molecule has 0 bridgehead atoms. The highest BCUT2D eigenvalue weighted by Gasteiger charge is 2.24. The van der Waals surface area contributed by atoms with Crippen LogP contribution in [0, 0.1) is 5.82 Å². The first-order valence-corrected chi connectivity index (χ1v) is 11.3. The molecule has 0 saturated heterocycles. The highest BCUT2D eigenvalue weighted by molar-refractivity contribution is 6.30. The lowest BCUT2D eigenvalue weighted by Crippen LogP contribution is -2.45. The number of rotatable bonds is 9. The summed E-state index contributed by atoms with van der Waals surface area (Å²) in [7, 11) is 0. The van der Waals surface area contributed by atoms with Crippen LogP contribution in [-0.2, 0) is 22.7 Å². The molecule has 0 saturated carbocycles. The summed E-state index contributed by atoms with van der Waals surface area (Å²) in [5.74, 6) is -3.41. The van der Waals surface area contributed by atoms with E-state index < -0.39 is 29.4 Å². The summed E-state index contributed by atoms with van der Waals surface area (Å²) in [5.41, 5.74) is 14.3.